The Bertz CT molecular complexity index is 581. The molecule has 104 valence electrons. The maximum atomic E-state index is 11.2. The molecule has 1 aromatic carbocycles. The summed E-state index contributed by atoms with van der Waals surface area (Å²) < 4.78 is 0. The molecule has 0 radical (unpaired) electrons. The van der Waals surface area contributed by atoms with E-state index < -0.39 is 0 Å². The molecule has 1 aromatic rings. The first-order valence-corrected chi connectivity index (χ1v) is 6.82. The van der Waals surface area contributed by atoms with Gasteiger partial charge in [-0.15, -0.1) is 0 Å². The number of benzene rings is 1. The van der Waals surface area contributed by atoms with Gasteiger partial charge < -0.3 is 10.6 Å². The molecule has 2 aliphatic heterocycles. The number of rotatable bonds is 2. The summed E-state index contributed by atoms with van der Waals surface area (Å²) >= 11 is 0. The van der Waals surface area contributed by atoms with Gasteiger partial charge in [-0.25, -0.2) is 0 Å². The van der Waals surface area contributed by atoms with Crippen molar-refractivity contribution >= 4 is 11.4 Å². The molecule has 6 nitrogen and oxygen atoms in total. The second-order valence-electron chi connectivity index (χ2n) is 5.60. The number of piperidine rings is 1. The van der Waals surface area contributed by atoms with Crippen molar-refractivity contribution in [3.63, 3.8) is 0 Å². The van der Waals surface area contributed by atoms with Gasteiger partial charge in [-0.05, 0) is 37.8 Å². The molecule has 2 atom stereocenters. The predicted octanol–water partition coefficient (Wildman–Crippen LogP) is 1.92. The summed E-state index contributed by atoms with van der Waals surface area (Å²) in [4.78, 5) is 13.0. The molecule has 2 heterocycles. The molecule has 0 aliphatic carbocycles. The summed E-state index contributed by atoms with van der Waals surface area (Å²) in [7, 11) is 0. The minimum atomic E-state index is -0.371. The highest BCUT2D eigenvalue weighted by Crippen LogP contribution is 2.42. The Labute approximate surface area is 116 Å². The molecule has 0 saturated carbocycles. The van der Waals surface area contributed by atoms with E-state index in [2.05, 4.69) is 11.0 Å². The van der Waals surface area contributed by atoms with E-state index in [1.165, 1.54) is 12.1 Å². The van der Waals surface area contributed by atoms with Crippen molar-refractivity contribution in [2.24, 2.45) is 5.73 Å². The van der Waals surface area contributed by atoms with Crippen molar-refractivity contribution in [1.82, 2.24) is 0 Å². The zero-order valence-corrected chi connectivity index (χ0v) is 11.0. The fourth-order valence-corrected chi connectivity index (χ4v) is 3.57. The van der Waals surface area contributed by atoms with Crippen LogP contribution in [0.5, 0.6) is 0 Å². The van der Waals surface area contributed by atoms with Crippen LogP contribution in [0.25, 0.3) is 0 Å². The molecule has 2 fully saturated rings. The van der Waals surface area contributed by atoms with Gasteiger partial charge in [0.2, 0.25) is 0 Å². The van der Waals surface area contributed by atoms with Gasteiger partial charge in [0.15, 0.2) is 0 Å². The molecular formula is C14H16N4O2. The summed E-state index contributed by atoms with van der Waals surface area (Å²) in [6.45, 7) is 0. The van der Waals surface area contributed by atoms with Crippen molar-refractivity contribution in [2.45, 2.75) is 43.8 Å². The normalized spacial score (nSPS) is 28.2. The number of nitriles is 1. The van der Waals surface area contributed by atoms with Gasteiger partial charge in [-0.2, -0.15) is 5.26 Å². The number of fused-ring (bicyclic) bond motifs is 2. The zero-order chi connectivity index (χ0) is 14.3. The molecule has 20 heavy (non-hydrogen) atoms. The smallest absolute Gasteiger partial charge is 0.292 e. The van der Waals surface area contributed by atoms with E-state index >= 15 is 0 Å². The zero-order valence-electron chi connectivity index (χ0n) is 11.0. The van der Waals surface area contributed by atoms with Crippen LogP contribution in [-0.2, 0) is 0 Å². The molecule has 2 unspecified atom stereocenters. The maximum Gasteiger partial charge on any atom is 0.292 e. The van der Waals surface area contributed by atoms with Gasteiger partial charge in [0.25, 0.3) is 5.69 Å². The van der Waals surface area contributed by atoms with Crippen molar-refractivity contribution in [1.29, 1.82) is 5.26 Å². The van der Waals surface area contributed by atoms with E-state index in [0.717, 1.165) is 25.7 Å². The number of anilines is 1. The molecule has 3 rings (SSSR count). The Morgan fingerprint density at radius 3 is 2.55 bits per heavy atom. The minimum absolute atomic E-state index is 0.0800. The second-order valence-corrected chi connectivity index (χ2v) is 5.60. The number of hydrogen-bond acceptors (Lipinski definition) is 5. The van der Waals surface area contributed by atoms with Gasteiger partial charge in [0.1, 0.15) is 5.69 Å². The third-order valence-electron chi connectivity index (χ3n) is 4.35. The first-order chi connectivity index (χ1) is 9.60. The lowest BCUT2D eigenvalue weighted by atomic mass is 9.96. The van der Waals surface area contributed by atoms with Gasteiger partial charge in [0, 0.05) is 24.2 Å². The summed E-state index contributed by atoms with van der Waals surface area (Å²) in [6.07, 6.45) is 3.77. The maximum absolute atomic E-state index is 11.2. The summed E-state index contributed by atoms with van der Waals surface area (Å²) in [5.74, 6) is 0. The third-order valence-corrected chi connectivity index (χ3v) is 4.35. The van der Waals surface area contributed by atoms with E-state index in [1.807, 2.05) is 0 Å². The lowest BCUT2D eigenvalue weighted by Gasteiger charge is -2.39. The van der Waals surface area contributed by atoms with Gasteiger partial charge in [-0.3, -0.25) is 10.1 Å². The summed E-state index contributed by atoms with van der Waals surface area (Å²) in [5, 5.41) is 20.3. The van der Waals surface area contributed by atoms with Gasteiger partial charge in [0.05, 0.1) is 16.6 Å². The van der Waals surface area contributed by atoms with Crippen molar-refractivity contribution < 1.29 is 4.92 Å². The van der Waals surface area contributed by atoms with Gasteiger partial charge in [-0.1, -0.05) is 0 Å². The standard InChI is InChI=1S/C14H16N4O2/c15-8-9-1-4-13(18(19)20)14(5-9)17-11-2-3-12(17)7-10(16)6-11/h1,4-5,10-12H,2-3,6-7,16H2. The lowest BCUT2D eigenvalue weighted by Crippen LogP contribution is -2.47. The van der Waals surface area contributed by atoms with E-state index in [9.17, 15) is 10.1 Å². The first-order valence-electron chi connectivity index (χ1n) is 6.82. The number of nitro benzene ring substituents is 1. The van der Waals surface area contributed by atoms with Crippen molar-refractivity contribution in [3.05, 3.63) is 33.9 Å². The number of nitro groups is 1. The number of nitrogens with zero attached hydrogens (tertiary/aromatic N) is 3. The van der Waals surface area contributed by atoms with Crippen LogP contribution in [-0.4, -0.2) is 23.0 Å². The van der Waals surface area contributed by atoms with Gasteiger partial charge >= 0.3 is 0 Å². The van der Waals surface area contributed by atoms with Crippen LogP contribution in [0.4, 0.5) is 11.4 Å². The molecule has 6 heteroatoms. The Morgan fingerprint density at radius 2 is 2.00 bits per heavy atom. The van der Waals surface area contributed by atoms with Crippen LogP contribution in [0.1, 0.15) is 31.2 Å². The van der Waals surface area contributed by atoms with E-state index in [0.29, 0.717) is 11.3 Å². The average molecular weight is 272 g/mol. The Kier molecular flexibility index (Phi) is 3.07. The Hall–Kier alpha value is -2.13. The van der Waals surface area contributed by atoms with Crippen LogP contribution in [0, 0.1) is 21.4 Å². The number of nitrogens with two attached hydrogens (primary N) is 1. The largest absolute Gasteiger partial charge is 0.360 e. The van der Waals surface area contributed by atoms with Crippen LogP contribution in [0.2, 0.25) is 0 Å². The lowest BCUT2D eigenvalue weighted by molar-refractivity contribution is -0.384. The predicted molar refractivity (Wildman–Crippen MR) is 74.3 cm³/mol. The highest BCUT2D eigenvalue weighted by atomic mass is 16.6. The first kappa shape index (κ1) is 12.9. The minimum Gasteiger partial charge on any atom is -0.360 e. The molecule has 2 N–H and O–H groups in total. The monoisotopic (exact) mass is 272 g/mol. The molecule has 0 amide bonds. The SMILES string of the molecule is N#Cc1ccc([N+](=O)[O-])c(N2C3CCC2CC(N)C3)c1. The van der Waals surface area contributed by atoms with Crippen molar-refractivity contribution in [2.75, 3.05) is 4.90 Å². The molecule has 0 spiro atoms. The molecule has 0 aromatic heterocycles. The average Bonchev–Trinajstić information content (AvgIpc) is 2.70. The second kappa shape index (κ2) is 4.76. The fourth-order valence-electron chi connectivity index (χ4n) is 3.57. The van der Waals surface area contributed by atoms with Crippen LogP contribution in [0.15, 0.2) is 18.2 Å². The van der Waals surface area contributed by atoms with Crippen LogP contribution >= 0.6 is 0 Å². The van der Waals surface area contributed by atoms with Crippen molar-refractivity contribution in [3.8, 4) is 6.07 Å². The van der Waals surface area contributed by atoms with E-state index in [-0.39, 0.29) is 28.7 Å². The molecule has 2 aliphatic rings. The quantitative estimate of drug-likeness (QED) is 0.655. The highest BCUT2D eigenvalue weighted by Gasteiger charge is 2.41. The third kappa shape index (κ3) is 2.00. The summed E-state index contributed by atoms with van der Waals surface area (Å²) in [6, 6.07) is 7.33. The van der Waals surface area contributed by atoms with Crippen LogP contribution < -0.4 is 10.6 Å². The number of hydrogen-bond donors (Lipinski definition) is 1. The Morgan fingerprint density at radius 1 is 1.35 bits per heavy atom. The Balaban J connectivity index is 2.05. The summed E-state index contributed by atoms with van der Waals surface area (Å²) in [5.41, 5.74) is 7.15. The molecule has 2 bridgehead atoms. The molecular weight excluding hydrogens is 256 g/mol. The fraction of sp³-hybridized carbons (Fsp3) is 0.500. The van der Waals surface area contributed by atoms with Crippen LogP contribution in [0.3, 0.4) is 0 Å². The topological polar surface area (TPSA) is 96.2 Å². The van der Waals surface area contributed by atoms with E-state index in [4.69, 9.17) is 11.0 Å². The van der Waals surface area contributed by atoms with E-state index in [1.54, 1.807) is 6.07 Å². The molecule has 2 saturated heterocycles. The highest BCUT2D eigenvalue weighted by molar-refractivity contribution is 5.67.